The van der Waals surface area contributed by atoms with E-state index in [1.165, 1.54) is 0 Å². The minimum absolute atomic E-state index is 0.0554. The molecule has 1 saturated carbocycles. The molecule has 0 bridgehead atoms. The van der Waals surface area contributed by atoms with Crippen molar-refractivity contribution in [2.75, 3.05) is 13.1 Å². The largest absolute Gasteiger partial charge is 0.481 e. The Morgan fingerprint density at radius 1 is 1.35 bits per heavy atom. The van der Waals surface area contributed by atoms with E-state index in [9.17, 15) is 14.7 Å². The number of nitrogens with zero attached hydrogens (tertiary/aromatic N) is 1. The zero-order chi connectivity index (χ0) is 14.8. The second kappa shape index (κ2) is 5.81. The van der Waals surface area contributed by atoms with Crippen LogP contribution in [0.3, 0.4) is 0 Å². The Labute approximate surface area is 120 Å². The molecule has 0 aromatic rings. The van der Waals surface area contributed by atoms with E-state index in [4.69, 9.17) is 0 Å². The van der Waals surface area contributed by atoms with E-state index in [-0.39, 0.29) is 17.7 Å². The van der Waals surface area contributed by atoms with Gasteiger partial charge in [-0.3, -0.25) is 9.59 Å². The van der Waals surface area contributed by atoms with Crippen molar-refractivity contribution in [1.82, 2.24) is 4.90 Å². The first-order valence-electron chi connectivity index (χ1n) is 7.29. The highest BCUT2D eigenvalue weighted by molar-refractivity contribution is 5.83. The van der Waals surface area contributed by atoms with E-state index >= 15 is 0 Å². The Kier molecular flexibility index (Phi) is 4.31. The van der Waals surface area contributed by atoms with Crippen molar-refractivity contribution in [3.63, 3.8) is 0 Å². The predicted octanol–water partition coefficient (Wildman–Crippen LogP) is 2.47. The summed E-state index contributed by atoms with van der Waals surface area (Å²) in [6, 6.07) is 0. The van der Waals surface area contributed by atoms with Gasteiger partial charge in [-0.05, 0) is 31.6 Å². The molecule has 4 heteroatoms. The van der Waals surface area contributed by atoms with Crippen LogP contribution in [0.1, 0.15) is 32.1 Å². The maximum Gasteiger partial charge on any atom is 0.311 e. The molecule has 0 aromatic heterocycles. The lowest BCUT2D eigenvalue weighted by atomic mass is 9.81. The van der Waals surface area contributed by atoms with Crippen LogP contribution in [-0.4, -0.2) is 35.0 Å². The molecule has 2 fully saturated rings. The van der Waals surface area contributed by atoms with Gasteiger partial charge in [-0.1, -0.05) is 18.6 Å². The number of carbonyl (C=O) groups excluding carboxylic acids is 1. The van der Waals surface area contributed by atoms with Crippen molar-refractivity contribution in [2.45, 2.75) is 32.1 Å². The van der Waals surface area contributed by atoms with E-state index in [1.54, 1.807) is 17.1 Å². The second-order valence-electron chi connectivity index (χ2n) is 6.01. The summed E-state index contributed by atoms with van der Waals surface area (Å²) in [6.45, 7) is 8.35. The molecule has 20 heavy (non-hydrogen) atoms. The molecule has 0 aromatic carbocycles. The number of hydrogen-bond donors (Lipinski definition) is 1. The number of carboxylic acids is 1. The van der Waals surface area contributed by atoms with Gasteiger partial charge in [0, 0.05) is 19.0 Å². The second-order valence-corrected chi connectivity index (χ2v) is 6.01. The number of aliphatic carboxylic acids is 1. The summed E-state index contributed by atoms with van der Waals surface area (Å²) in [4.78, 5) is 25.9. The normalized spacial score (nSPS) is 28.4. The van der Waals surface area contributed by atoms with Gasteiger partial charge in [-0.2, -0.15) is 0 Å². The van der Waals surface area contributed by atoms with E-state index in [2.05, 4.69) is 13.2 Å². The van der Waals surface area contributed by atoms with Crippen molar-refractivity contribution < 1.29 is 14.7 Å². The van der Waals surface area contributed by atoms with E-state index in [0.29, 0.717) is 32.4 Å². The van der Waals surface area contributed by atoms with Crippen molar-refractivity contribution in [2.24, 2.45) is 17.3 Å². The van der Waals surface area contributed by atoms with Crippen molar-refractivity contribution in [3.05, 3.63) is 25.3 Å². The summed E-state index contributed by atoms with van der Waals surface area (Å²) in [5.41, 5.74) is -0.692. The molecule has 1 saturated heterocycles. The molecule has 110 valence electrons. The Bertz CT molecular complexity index is 421. The predicted molar refractivity (Wildman–Crippen MR) is 77.1 cm³/mol. The van der Waals surface area contributed by atoms with Gasteiger partial charge >= 0.3 is 5.97 Å². The number of hydrogen-bond acceptors (Lipinski definition) is 2. The minimum atomic E-state index is -0.737. The first-order chi connectivity index (χ1) is 9.55. The standard InChI is InChI=1S/C16H23NO3/c1-3-6-12(7-4-2)14(18)17-10-13-8-5-9-16(13,11-17)15(19)20/h3-4,12-13H,1-2,5-11H2,(H,19,20)/t13-,16+/m0/s1. The zero-order valence-electron chi connectivity index (χ0n) is 11.9. The average Bonchev–Trinajstić information content (AvgIpc) is 2.95. The number of amides is 1. The molecule has 0 unspecified atom stereocenters. The maximum atomic E-state index is 12.6. The van der Waals surface area contributed by atoms with Crippen LogP contribution < -0.4 is 0 Å². The quantitative estimate of drug-likeness (QED) is 0.759. The third-order valence-electron chi connectivity index (χ3n) is 4.86. The molecule has 1 aliphatic carbocycles. The van der Waals surface area contributed by atoms with Crippen LogP contribution in [0, 0.1) is 17.3 Å². The molecule has 0 radical (unpaired) electrons. The number of carbonyl (C=O) groups is 2. The van der Waals surface area contributed by atoms with Crippen LogP contribution >= 0.6 is 0 Å². The zero-order valence-corrected chi connectivity index (χ0v) is 11.9. The summed E-state index contributed by atoms with van der Waals surface area (Å²) < 4.78 is 0. The lowest BCUT2D eigenvalue weighted by molar-refractivity contribution is -0.149. The van der Waals surface area contributed by atoms with Gasteiger partial charge in [0.1, 0.15) is 0 Å². The number of allylic oxidation sites excluding steroid dienone is 2. The van der Waals surface area contributed by atoms with Crippen LogP contribution in [-0.2, 0) is 9.59 Å². The smallest absolute Gasteiger partial charge is 0.311 e. The van der Waals surface area contributed by atoms with Crippen molar-refractivity contribution >= 4 is 11.9 Å². The first-order valence-corrected chi connectivity index (χ1v) is 7.29. The molecule has 1 aliphatic heterocycles. The van der Waals surface area contributed by atoms with Crippen LogP contribution in [0.15, 0.2) is 25.3 Å². The molecule has 2 aliphatic rings. The van der Waals surface area contributed by atoms with E-state index in [1.807, 2.05) is 0 Å². The highest BCUT2D eigenvalue weighted by Gasteiger charge is 2.56. The summed E-state index contributed by atoms with van der Waals surface area (Å²) in [5, 5.41) is 9.55. The topological polar surface area (TPSA) is 57.6 Å². The Morgan fingerprint density at radius 3 is 2.50 bits per heavy atom. The lowest BCUT2D eigenvalue weighted by Crippen LogP contribution is -2.39. The molecular formula is C16H23NO3. The Morgan fingerprint density at radius 2 is 2.00 bits per heavy atom. The fourth-order valence-corrected chi connectivity index (χ4v) is 3.77. The number of likely N-dealkylation sites (tertiary alicyclic amines) is 1. The Balaban J connectivity index is 2.11. The Hall–Kier alpha value is -1.58. The molecule has 0 spiro atoms. The van der Waals surface area contributed by atoms with Gasteiger partial charge in [0.2, 0.25) is 5.91 Å². The average molecular weight is 277 g/mol. The maximum absolute atomic E-state index is 12.6. The van der Waals surface area contributed by atoms with Crippen LogP contribution in [0.4, 0.5) is 0 Å². The highest BCUT2D eigenvalue weighted by atomic mass is 16.4. The molecule has 1 N–H and O–H groups in total. The van der Waals surface area contributed by atoms with Crippen molar-refractivity contribution in [3.8, 4) is 0 Å². The van der Waals surface area contributed by atoms with Gasteiger partial charge in [0.05, 0.1) is 5.41 Å². The number of rotatable bonds is 6. The minimum Gasteiger partial charge on any atom is -0.481 e. The van der Waals surface area contributed by atoms with Crippen LogP contribution in [0.5, 0.6) is 0 Å². The molecule has 1 amide bonds. The molecule has 2 rings (SSSR count). The monoisotopic (exact) mass is 277 g/mol. The van der Waals surface area contributed by atoms with Crippen LogP contribution in [0.2, 0.25) is 0 Å². The molecule has 1 heterocycles. The number of carboxylic acid groups (broad SMARTS) is 1. The van der Waals surface area contributed by atoms with Gasteiger partial charge in [-0.15, -0.1) is 13.2 Å². The fraction of sp³-hybridized carbons (Fsp3) is 0.625. The van der Waals surface area contributed by atoms with Gasteiger partial charge in [0.25, 0.3) is 0 Å². The van der Waals surface area contributed by atoms with Gasteiger partial charge in [0.15, 0.2) is 0 Å². The summed E-state index contributed by atoms with van der Waals surface area (Å²) in [6.07, 6.45) is 7.31. The fourth-order valence-electron chi connectivity index (χ4n) is 3.77. The molecular weight excluding hydrogens is 254 g/mol. The van der Waals surface area contributed by atoms with E-state index < -0.39 is 11.4 Å². The first kappa shape index (κ1) is 14.8. The highest BCUT2D eigenvalue weighted by Crippen LogP contribution is 2.49. The summed E-state index contributed by atoms with van der Waals surface area (Å²) >= 11 is 0. The third kappa shape index (κ3) is 2.39. The molecule has 2 atom stereocenters. The summed E-state index contributed by atoms with van der Waals surface area (Å²) in [5.74, 6) is -0.703. The molecule has 4 nitrogen and oxygen atoms in total. The van der Waals surface area contributed by atoms with Crippen LogP contribution in [0.25, 0.3) is 0 Å². The SMILES string of the molecule is C=CCC(CC=C)C(=O)N1C[C@@H]2CCC[C@@]2(C(=O)O)C1. The number of fused-ring (bicyclic) bond motifs is 1. The van der Waals surface area contributed by atoms with Gasteiger partial charge in [-0.25, -0.2) is 0 Å². The lowest BCUT2D eigenvalue weighted by Gasteiger charge is -2.25. The van der Waals surface area contributed by atoms with E-state index in [0.717, 1.165) is 12.8 Å². The van der Waals surface area contributed by atoms with Crippen molar-refractivity contribution in [1.29, 1.82) is 0 Å². The third-order valence-corrected chi connectivity index (χ3v) is 4.86. The summed E-state index contributed by atoms with van der Waals surface area (Å²) in [7, 11) is 0. The van der Waals surface area contributed by atoms with Gasteiger partial charge < -0.3 is 10.0 Å².